The van der Waals surface area contributed by atoms with Crippen LogP contribution in [0.1, 0.15) is 42.4 Å². The molecule has 1 aromatic heterocycles. The SMILES string of the molecule is CCN(CC(=O)O)C1CCN(C(=O)CCCc2ccc(C)s2)CC1. The maximum Gasteiger partial charge on any atom is 0.317 e. The molecule has 2 heterocycles. The molecule has 1 saturated heterocycles. The van der Waals surface area contributed by atoms with Crippen molar-refractivity contribution in [1.82, 2.24) is 9.80 Å². The van der Waals surface area contributed by atoms with Crippen LogP contribution in [0, 0.1) is 6.92 Å². The van der Waals surface area contributed by atoms with Crippen LogP contribution in [-0.2, 0) is 16.0 Å². The Bertz CT molecular complexity index is 550. The van der Waals surface area contributed by atoms with E-state index in [-0.39, 0.29) is 18.5 Å². The van der Waals surface area contributed by atoms with Crippen molar-refractivity contribution in [2.45, 2.75) is 52.0 Å². The largest absolute Gasteiger partial charge is 0.480 e. The van der Waals surface area contributed by atoms with E-state index in [9.17, 15) is 9.59 Å². The Labute approximate surface area is 148 Å². The molecule has 0 spiro atoms. The minimum Gasteiger partial charge on any atom is -0.480 e. The van der Waals surface area contributed by atoms with E-state index in [0.29, 0.717) is 6.42 Å². The third-order valence-corrected chi connectivity index (χ3v) is 5.75. The van der Waals surface area contributed by atoms with E-state index in [4.69, 9.17) is 5.11 Å². The fourth-order valence-corrected chi connectivity index (χ4v) is 4.28. The maximum absolute atomic E-state index is 12.3. The Morgan fingerprint density at radius 1 is 1.33 bits per heavy atom. The van der Waals surface area contributed by atoms with E-state index >= 15 is 0 Å². The summed E-state index contributed by atoms with van der Waals surface area (Å²) in [5.41, 5.74) is 0. The Morgan fingerprint density at radius 2 is 2.04 bits per heavy atom. The number of rotatable bonds is 8. The van der Waals surface area contributed by atoms with Crippen LogP contribution in [0.5, 0.6) is 0 Å². The predicted octanol–water partition coefficient (Wildman–Crippen LogP) is 2.78. The van der Waals surface area contributed by atoms with Gasteiger partial charge in [0, 0.05) is 35.3 Å². The third kappa shape index (κ3) is 5.60. The monoisotopic (exact) mass is 352 g/mol. The van der Waals surface area contributed by atoms with Gasteiger partial charge in [-0.05, 0) is 51.3 Å². The van der Waals surface area contributed by atoms with Crippen molar-refractivity contribution in [2.24, 2.45) is 0 Å². The molecule has 2 rings (SSSR count). The molecule has 0 atom stereocenters. The van der Waals surface area contributed by atoms with Crippen LogP contribution in [0.2, 0.25) is 0 Å². The van der Waals surface area contributed by atoms with Crippen LogP contribution in [0.3, 0.4) is 0 Å². The predicted molar refractivity (Wildman–Crippen MR) is 96.5 cm³/mol. The second-order valence-corrected chi connectivity index (χ2v) is 7.81. The Hall–Kier alpha value is -1.40. The summed E-state index contributed by atoms with van der Waals surface area (Å²) in [5.74, 6) is -0.540. The minimum atomic E-state index is -0.779. The number of aryl methyl sites for hydroxylation is 2. The van der Waals surface area contributed by atoms with Crippen molar-refractivity contribution in [1.29, 1.82) is 0 Å². The molecule has 1 fully saturated rings. The quantitative estimate of drug-likeness (QED) is 0.781. The zero-order chi connectivity index (χ0) is 17.5. The first-order valence-corrected chi connectivity index (χ1v) is 9.60. The number of carbonyl (C=O) groups is 2. The van der Waals surface area contributed by atoms with Gasteiger partial charge in [0.15, 0.2) is 0 Å². The van der Waals surface area contributed by atoms with Gasteiger partial charge >= 0.3 is 5.97 Å². The first-order chi connectivity index (χ1) is 11.5. The van der Waals surface area contributed by atoms with E-state index < -0.39 is 5.97 Å². The molecule has 1 aliphatic heterocycles. The van der Waals surface area contributed by atoms with Crippen LogP contribution >= 0.6 is 11.3 Å². The molecule has 5 nitrogen and oxygen atoms in total. The number of amides is 1. The molecule has 134 valence electrons. The maximum atomic E-state index is 12.3. The van der Waals surface area contributed by atoms with Crippen molar-refractivity contribution in [2.75, 3.05) is 26.2 Å². The average Bonchev–Trinajstić information content (AvgIpc) is 2.98. The fourth-order valence-electron chi connectivity index (χ4n) is 3.34. The van der Waals surface area contributed by atoms with Gasteiger partial charge in [0.05, 0.1) is 6.54 Å². The van der Waals surface area contributed by atoms with E-state index in [1.54, 1.807) is 0 Å². The lowest BCUT2D eigenvalue weighted by Crippen LogP contribution is -2.48. The first-order valence-electron chi connectivity index (χ1n) is 8.78. The van der Waals surface area contributed by atoms with Gasteiger partial charge in [0.2, 0.25) is 5.91 Å². The number of nitrogens with zero attached hydrogens (tertiary/aromatic N) is 2. The number of carboxylic acid groups (broad SMARTS) is 1. The number of piperidine rings is 1. The number of carboxylic acids is 1. The summed E-state index contributed by atoms with van der Waals surface area (Å²) >= 11 is 1.81. The van der Waals surface area contributed by atoms with Crippen molar-refractivity contribution >= 4 is 23.2 Å². The second-order valence-electron chi connectivity index (χ2n) is 6.43. The molecular formula is C18H28N2O3S. The van der Waals surface area contributed by atoms with E-state index in [2.05, 4.69) is 19.1 Å². The molecule has 6 heteroatoms. The van der Waals surface area contributed by atoms with Crippen molar-refractivity contribution < 1.29 is 14.7 Å². The standard InChI is InChI=1S/C18H28N2O3S/c1-3-19(13-18(22)23)15-9-11-20(12-10-15)17(21)6-4-5-16-8-7-14(2)24-16/h7-8,15H,3-6,9-13H2,1-2H3,(H,22,23). The zero-order valence-corrected chi connectivity index (χ0v) is 15.5. The molecule has 0 unspecified atom stereocenters. The highest BCUT2D eigenvalue weighted by Crippen LogP contribution is 2.20. The van der Waals surface area contributed by atoms with E-state index in [1.165, 1.54) is 9.75 Å². The number of likely N-dealkylation sites (N-methyl/N-ethyl adjacent to an activating group) is 1. The van der Waals surface area contributed by atoms with Gasteiger partial charge in [0.1, 0.15) is 0 Å². The van der Waals surface area contributed by atoms with Gasteiger partial charge in [-0.25, -0.2) is 0 Å². The van der Waals surface area contributed by atoms with Crippen LogP contribution in [0.15, 0.2) is 12.1 Å². The Morgan fingerprint density at radius 3 is 2.58 bits per heavy atom. The number of aliphatic carboxylic acids is 1. The Kier molecular flexibility index (Phi) is 7.24. The summed E-state index contributed by atoms with van der Waals surface area (Å²) in [6.07, 6.45) is 4.23. The third-order valence-electron chi connectivity index (χ3n) is 4.69. The second kappa shape index (κ2) is 9.18. The number of hydrogen-bond acceptors (Lipinski definition) is 4. The topological polar surface area (TPSA) is 60.9 Å². The molecule has 0 aliphatic carbocycles. The lowest BCUT2D eigenvalue weighted by molar-refractivity contribution is -0.140. The van der Waals surface area contributed by atoms with Crippen LogP contribution in [-0.4, -0.2) is 59.0 Å². The number of carbonyl (C=O) groups excluding carboxylic acids is 1. The van der Waals surface area contributed by atoms with Gasteiger partial charge in [-0.15, -0.1) is 11.3 Å². The zero-order valence-electron chi connectivity index (χ0n) is 14.7. The molecule has 1 aliphatic rings. The molecule has 0 saturated carbocycles. The molecule has 1 amide bonds. The van der Waals surface area contributed by atoms with E-state index in [0.717, 1.165) is 45.3 Å². The summed E-state index contributed by atoms with van der Waals surface area (Å²) in [7, 11) is 0. The normalized spacial score (nSPS) is 15.9. The Balaban J connectivity index is 1.71. The average molecular weight is 353 g/mol. The molecule has 24 heavy (non-hydrogen) atoms. The van der Waals surface area contributed by atoms with Gasteiger partial charge in [0.25, 0.3) is 0 Å². The smallest absolute Gasteiger partial charge is 0.317 e. The summed E-state index contributed by atoms with van der Waals surface area (Å²) < 4.78 is 0. The van der Waals surface area contributed by atoms with Crippen LogP contribution in [0.4, 0.5) is 0 Å². The number of likely N-dealkylation sites (tertiary alicyclic amines) is 1. The molecule has 1 N–H and O–H groups in total. The molecule has 1 aromatic rings. The lowest BCUT2D eigenvalue weighted by atomic mass is 10.0. The molecule has 0 bridgehead atoms. The van der Waals surface area contributed by atoms with Gasteiger partial charge in [-0.1, -0.05) is 6.92 Å². The fraction of sp³-hybridized carbons (Fsp3) is 0.667. The summed E-state index contributed by atoms with van der Waals surface area (Å²) in [6.45, 7) is 6.43. The molecule has 0 aromatic carbocycles. The van der Waals surface area contributed by atoms with E-state index in [1.807, 2.05) is 28.1 Å². The van der Waals surface area contributed by atoms with Crippen LogP contribution in [0.25, 0.3) is 0 Å². The van der Waals surface area contributed by atoms with Crippen molar-refractivity contribution in [3.05, 3.63) is 21.9 Å². The van der Waals surface area contributed by atoms with Gasteiger partial charge < -0.3 is 10.0 Å². The highest BCUT2D eigenvalue weighted by atomic mass is 32.1. The minimum absolute atomic E-state index is 0.0926. The van der Waals surface area contributed by atoms with Crippen LogP contribution < -0.4 is 0 Å². The number of hydrogen-bond donors (Lipinski definition) is 1. The summed E-state index contributed by atoms with van der Waals surface area (Å²) in [6, 6.07) is 4.56. The molecule has 0 radical (unpaired) electrons. The van der Waals surface area contributed by atoms with Crippen molar-refractivity contribution in [3.8, 4) is 0 Å². The first kappa shape index (κ1) is 18.9. The van der Waals surface area contributed by atoms with Gasteiger partial charge in [-0.2, -0.15) is 0 Å². The van der Waals surface area contributed by atoms with Gasteiger partial charge in [-0.3, -0.25) is 14.5 Å². The number of thiophene rings is 1. The highest BCUT2D eigenvalue weighted by molar-refractivity contribution is 7.11. The van der Waals surface area contributed by atoms with Crippen molar-refractivity contribution in [3.63, 3.8) is 0 Å². The summed E-state index contributed by atoms with van der Waals surface area (Å²) in [4.78, 5) is 29.9. The molecular weight excluding hydrogens is 324 g/mol. The summed E-state index contributed by atoms with van der Waals surface area (Å²) in [5, 5.41) is 8.97. The highest BCUT2D eigenvalue weighted by Gasteiger charge is 2.26. The lowest BCUT2D eigenvalue weighted by Gasteiger charge is -2.37.